The zero-order chi connectivity index (χ0) is 12.1. The minimum absolute atomic E-state index is 0.316. The Morgan fingerprint density at radius 3 is 3.12 bits per heavy atom. The highest BCUT2D eigenvalue weighted by atomic mass is 16.5. The minimum atomic E-state index is 0.316. The average molecular weight is 238 g/mol. The normalized spacial score (nSPS) is 22.6. The highest BCUT2D eigenvalue weighted by Crippen LogP contribution is 2.17. The lowest BCUT2D eigenvalue weighted by atomic mass is 9.99. The van der Waals surface area contributed by atoms with Gasteiger partial charge in [-0.1, -0.05) is 0 Å². The van der Waals surface area contributed by atoms with Gasteiger partial charge in [0.05, 0.1) is 6.10 Å². The second-order valence-electron chi connectivity index (χ2n) is 4.50. The molecule has 0 amide bonds. The van der Waals surface area contributed by atoms with E-state index in [2.05, 4.69) is 22.3 Å². The summed E-state index contributed by atoms with van der Waals surface area (Å²) in [6, 6.07) is 0.338. The van der Waals surface area contributed by atoms with E-state index < -0.39 is 0 Å². The topological polar surface area (TPSA) is 52.0 Å². The lowest BCUT2D eigenvalue weighted by molar-refractivity contribution is -0.00643. The van der Waals surface area contributed by atoms with E-state index in [1.54, 1.807) is 6.33 Å². The maximum Gasteiger partial charge on any atom is 0.138 e. The molecule has 2 rings (SSSR count). The van der Waals surface area contributed by atoms with Crippen LogP contribution < -0.4 is 5.32 Å². The molecule has 0 aliphatic carbocycles. The lowest BCUT2D eigenvalue weighted by Gasteiger charge is -2.30. The molecule has 5 nitrogen and oxygen atoms in total. The Morgan fingerprint density at radius 1 is 1.59 bits per heavy atom. The molecule has 1 fully saturated rings. The van der Waals surface area contributed by atoms with Crippen molar-refractivity contribution >= 4 is 0 Å². The van der Waals surface area contributed by atoms with Gasteiger partial charge in [0.25, 0.3) is 0 Å². The Labute approximate surface area is 103 Å². The van der Waals surface area contributed by atoms with Crippen LogP contribution in [0.25, 0.3) is 0 Å². The van der Waals surface area contributed by atoms with E-state index in [1.807, 2.05) is 11.7 Å². The van der Waals surface area contributed by atoms with Crippen LogP contribution >= 0.6 is 0 Å². The van der Waals surface area contributed by atoms with Crippen molar-refractivity contribution in [2.24, 2.45) is 0 Å². The molecule has 1 saturated heterocycles. The molecule has 1 aliphatic heterocycles. The molecule has 1 aromatic heterocycles. The van der Waals surface area contributed by atoms with Gasteiger partial charge < -0.3 is 10.1 Å². The van der Waals surface area contributed by atoms with Crippen LogP contribution in [0.2, 0.25) is 0 Å². The first-order valence-electron chi connectivity index (χ1n) is 6.50. The second-order valence-corrected chi connectivity index (χ2v) is 4.50. The Hall–Kier alpha value is -0.940. The number of likely N-dealkylation sites (N-methyl/N-ethyl adjacent to an activating group) is 1. The van der Waals surface area contributed by atoms with Crippen molar-refractivity contribution in [1.29, 1.82) is 0 Å². The van der Waals surface area contributed by atoms with Crippen molar-refractivity contribution in [2.45, 2.75) is 51.3 Å². The summed E-state index contributed by atoms with van der Waals surface area (Å²) in [7, 11) is 2.00. The summed E-state index contributed by atoms with van der Waals surface area (Å²) in [4.78, 5) is 4.33. The van der Waals surface area contributed by atoms with Crippen LogP contribution in [0.4, 0.5) is 0 Å². The Kier molecular flexibility index (Phi) is 4.50. The molecule has 0 bridgehead atoms. The zero-order valence-corrected chi connectivity index (χ0v) is 10.7. The number of ether oxygens (including phenoxy) is 1. The Balaban J connectivity index is 1.98. The van der Waals surface area contributed by atoms with Gasteiger partial charge in [-0.2, -0.15) is 5.10 Å². The van der Waals surface area contributed by atoms with Crippen LogP contribution in [-0.2, 0) is 17.7 Å². The van der Waals surface area contributed by atoms with Crippen LogP contribution in [0.5, 0.6) is 0 Å². The highest BCUT2D eigenvalue weighted by molar-refractivity contribution is 4.93. The molecule has 0 saturated carbocycles. The van der Waals surface area contributed by atoms with E-state index in [4.69, 9.17) is 4.74 Å². The molecule has 2 unspecified atom stereocenters. The first kappa shape index (κ1) is 12.5. The van der Waals surface area contributed by atoms with Gasteiger partial charge in [-0.15, -0.1) is 0 Å². The summed E-state index contributed by atoms with van der Waals surface area (Å²) in [5.41, 5.74) is 0. The minimum Gasteiger partial charge on any atom is -0.377 e. The first-order valence-corrected chi connectivity index (χ1v) is 6.50. The van der Waals surface area contributed by atoms with Gasteiger partial charge in [0.1, 0.15) is 12.2 Å². The largest absolute Gasteiger partial charge is 0.377 e. The summed E-state index contributed by atoms with van der Waals surface area (Å²) in [5, 5.41) is 7.56. The van der Waals surface area contributed by atoms with Gasteiger partial charge in [0.15, 0.2) is 0 Å². The quantitative estimate of drug-likeness (QED) is 0.831. The number of aryl methyl sites for hydroxylation is 1. The summed E-state index contributed by atoms with van der Waals surface area (Å²) < 4.78 is 7.78. The van der Waals surface area contributed by atoms with Crippen LogP contribution in [0.3, 0.4) is 0 Å². The van der Waals surface area contributed by atoms with Crippen molar-refractivity contribution in [3.8, 4) is 0 Å². The Morgan fingerprint density at radius 2 is 2.47 bits per heavy atom. The summed E-state index contributed by atoms with van der Waals surface area (Å²) >= 11 is 0. The van der Waals surface area contributed by atoms with Crippen molar-refractivity contribution in [3.63, 3.8) is 0 Å². The summed E-state index contributed by atoms with van der Waals surface area (Å²) in [6.07, 6.45) is 6.44. The van der Waals surface area contributed by atoms with E-state index >= 15 is 0 Å². The number of aromatic nitrogens is 3. The molecule has 1 aliphatic rings. The van der Waals surface area contributed by atoms with E-state index in [1.165, 1.54) is 12.8 Å². The van der Waals surface area contributed by atoms with Crippen molar-refractivity contribution < 1.29 is 4.74 Å². The smallest absolute Gasteiger partial charge is 0.138 e. The number of hydrogen-bond donors (Lipinski definition) is 1. The average Bonchev–Trinajstić information content (AvgIpc) is 2.84. The SMILES string of the molecule is CCn1ncnc1CC(NC)C1CCCCO1. The van der Waals surface area contributed by atoms with Crippen molar-refractivity contribution in [1.82, 2.24) is 20.1 Å². The van der Waals surface area contributed by atoms with Crippen LogP contribution in [-0.4, -0.2) is 40.6 Å². The van der Waals surface area contributed by atoms with E-state index in [0.717, 1.165) is 31.8 Å². The third-order valence-electron chi connectivity index (χ3n) is 3.43. The standard InChI is InChI=1S/C12H22N4O/c1-3-16-12(14-9-15-16)8-10(13-2)11-6-4-5-7-17-11/h9-11,13H,3-8H2,1-2H3. The van der Waals surface area contributed by atoms with Crippen LogP contribution in [0, 0.1) is 0 Å². The molecular formula is C12H22N4O. The molecule has 96 valence electrons. The molecule has 1 N–H and O–H groups in total. The van der Waals surface area contributed by atoms with Crippen molar-refractivity contribution in [3.05, 3.63) is 12.2 Å². The van der Waals surface area contributed by atoms with Gasteiger partial charge in [0.2, 0.25) is 0 Å². The van der Waals surface area contributed by atoms with Crippen molar-refractivity contribution in [2.75, 3.05) is 13.7 Å². The molecule has 2 atom stereocenters. The highest BCUT2D eigenvalue weighted by Gasteiger charge is 2.24. The summed E-state index contributed by atoms with van der Waals surface area (Å²) in [6.45, 7) is 3.85. The number of hydrogen-bond acceptors (Lipinski definition) is 4. The van der Waals surface area contributed by atoms with E-state index in [9.17, 15) is 0 Å². The van der Waals surface area contributed by atoms with Gasteiger partial charge in [-0.25, -0.2) is 4.98 Å². The predicted molar refractivity (Wildman–Crippen MR) is 65.8 cm³/mol. The molecular weight excluding hydrogens is 216 g/mol. The first-order chi connectivity index (χ1) is 8.35. The number of nitrogens with zero attached hydrogens (tertiary/aromatic N) is 3. The molecule has 1 aromatic rings. The summed E-state index contributed by atoms with van der Waals surface area (Å²) in [5.74, 6) is 1.04. The third-order valence-corrected chi connectivity index (χ3v) is 3.43. The lowest BCUT2D eigenvalue weighted by Crippen LogP contribution is -2.43. The van der Waals surface area contributed by atoms with Gasteiger partial charge in [-0.3, -0.25) is 4.68 Å². The maximum absolute atomic E-state index is 5.83. The van der Waals surface area contributed by atoms with Gasteiger partial charge in [0, 0.05) is 25.6 Å². The molecule has 5 heteroatoms. The molecule has 0 aromatic carbocycles. The van der Waals surface area contributed by atoms with E-state index in [0.29, 0.717) is 12.1 Å². The monoisotopic (exact) mass is 238 g/mol. The fourth-order valence-corrected chi connectivity index (χ4v) is 2.41. The fraction of sp³-hybridized carbons (Fsp3) is 0.833. The molecule has 0 spiro atoms. The van der Waals surface area contributed by atoms with E-state index in [-0.39, 0.29) is 0 Å². The molecule has 17 heavy (non-hydrogen) atoms. The zero-order valence-electron chi connectivity index (χ0n) is 10.7. The second kappa shape index (κ2) is 6.12. The molecule has 2 heterocycles. The fourth-order valence-electron chi connectivity index (χ4n) is 2.41. The Bertz CT molecular complexity index is 333. The predicted octanol–water partition coefficient (Wildman–Crippen LogP) is 0.998. The number of nitrogens with one attached hydrogen (secondary N) is 1. The van der Waals surface area contributed by atoms with Crippen LogP contribution in [0.15, 0.2) is 6.33 Å². The number of rotatable bonds is 5. The van der Waals surface area contributed by atoms with Crippen LogP contribution in [0.1, 0.15) is 32.0 Å². The molecule has 0 radical (unpaired) electrons. The van der Waals surface area contributed by atoms with Gasteiger partial charge in [-0.05, 0) is 33.2 Å². The van der Waals surface area contributed by atoms with Gasteiger partial charge >= 0.3 is 0 Å². The maximum atomic E-state index is 5.83. The third kappa shape index (κ3) is 3.04.